The third-order valence-electron chi connectivity index (χ3n) is 3.06. The molecule has 1 aliphatic rings. The van der Waals surface area contributed by atoms with Crippen molar-refractivity contribution in [3.05, 3.63) is 0 Å². The van der Waals surface area contributed by atoms with Gasteiger partial charge in [-0.1, -0.05) is 13.8 Å². The van der Waals surface area contributed by atoms with Gasteiger partial charge in [-0.25, -0.2) is 0 Å². The first-order valence-electron chi connectivity index (χ1n) is 6.25. The fourth-order valence-electron chi connectivity index (χ4n) is 2.12. The molecule has 2 atom stereocenters. The average Bonchev–Trinajstić information content (AvgIpc) is 2.68. The molecule has 0 saturated carbocycles. The van der Waals surface area contributed by atoms with Gasteiger partial charge in [0.25, 0.3) is 0 Å². The monoisotopic (exact) mass is 228 g/mol. The van der Waals surface area contributed by atoms with E-state index in [-0.39, 0.29) is 17.9 Å². The minimum atomic E-state index is -0.257. The lowest BCUT2D eigenvalue weighted by atomic mass is 10.0. The van der Waals surface area contributed by atoms with Crippen molar-refractivity contribution >= 4 is 5.91 Å². The van der Waals surface area contributed by atoms with Crippen molar-refractivity contribution in [1.29, 1.82) is 0 Å². The molecule has 0 aromatic heterocycles. The van der Waals surface area contributed by atoms with E-state index in [2.05, 4.69) is 5.32 Å². The van der Waals surface area contributed by atoms with Crippen molar-refractivity contribution in [2.24, 2.45) is 11.7 Å². The summed E-state index contributed by atoms with van der Waals surface area (Å²) < 4.78 is 5.54. The largest absolute Gasteiger partial charge is 0.378 e. The second-order valence-corrected chi connectivity index (χ2v) is 4.86. The Hall–Kier alpha value is -0.610. The molecule has 3 N–H and O–H groups in total. The highest BCUT2D eigenvalue weighted by molar-refractivity contribution is 5.80. The second-order valence-electron chi connectivity index (χ2n) is 4.86. The first-order valence-corrected chi connectivity index (χ1v) is 6.25. The predicted molar refractivity (Wildman–Crippen MR) is 64.0 cm³/mol. The Labute approximate surface area is 97.9 Å². The maximum Gasteiger partial charge on any atom is 0.234 e. The molecule has 16 heavy (non-hydrogen) atoms. The van der Waals surface area contributed by atoms with Crippen LogP contribution in [0, 0.1) is 5.92 Å². The van der Waals surface area contributed by atoms with E-state index in [4.69, 9.17) is 10.5 Å². The zero-order chi connectivity index (χ0) is 12.0. The Morgan fingerprint density at radius 1 is 1.56 bits per heavy atom. The van der Waals surface area contributed by atoms with Crippen molar-refractivity contribution in [3.63, 3.8) is 0 Å². The van der Waals surface area contributed by atoms with Crippen molar-refractivity contribution in [2.75, 3.05) is 13.2 Å². The van der Waals surface area contributed by atoms with Crippen LogP contribution in [-0.4, -0.2) is 31.2 Å². The SMILES string of the molecule is CC(C)C(NCCCC1CCCO1)C(N)=O. The van der Waals surface area contributed by atoms with E-state index in [9.17, 15) is 4.79 Å². The van der Waals surface area contributed by atoms with Gasteiger partial charge in [0.2, 0.25) is 5.91 Å². The summed E-state index contributed by atoms with van der Waals surface area (Å²) in [5, 5.41) is 3.21. The molecule has 1 saturated heterocycles. The van der Waals surface area contributed by atoms with Gasteiger partial charge in [-0.05, 0) is 38.1 Å². The highest BCUT2D eigenvalue weighted by Gasteiger charge is 2.19. The first-order chi connectivity index (χ1) is 7.61. The molecule has 1 aliphatic heterocycles. The number of ether oxygens (including phenoxy) is 1. The molecule has 94 valence electrons. The van der Waals surface area contributed by atoms with Crippen LogP contribution in [0.3, 0.4) is 0 Å². The average molecular weight is 228 g/mol. The fourth-order valence-corrected chi connectivity index (χ4v) is 2.12. The van der Waals surface area contributed by atoms with Crippen LogP contribution in [0.1, 0.15) is 39.5 Å². The number of rotatable bonds is 7. The van der Waals surface area contributed by atoms with E-state index >= 15 is 0 Å². The predicted octanol–water partition coefficient (Wildman–Crippen LogP) is 1.05. The molecule has 2 unspecified atom stereocenters. The number of primary amides is 1. The molecule has 0 aromatic rings. The zero-order valence-electron chi connectivity index (χ0n) is 10.4. The van der Waals surface area contributed by atoms with E-state index in [0.29, 0.717) is 6.10 Å². The summed E-state index contributed by atoms with van der Waals surface area (Å²) >= 11 is 0. The smallest absolute Gasteiger partial charge is 0.234 e. The molecule has 0 aliphatic carbocycles. The minimum Gasteiger partial charge on any atom is -0.378 e. The van der Waals surface area contributed by atoms with Crippen LogP contribution in [0.5, 0.6) is 0 Å². The topological polar surface area (TPSA) is 64.3 Å². The molecule has 0 bridgehead atoms. The molecule has 1 amide bonds. The van der Waals surface area contributed by atoms with Crippen LogP contribution in [-0.2, 0) is 9.53 Å². The van der Waals surface area contributed by atoms with Gasteiger partial charge in [0.15, 0.2) is 0 Å². The molecule has 0 aromatic carbocycles. The lowest BCUT2D eigenvalue weighted by Crippen LogP contribution is -2.45. The number of amides is 1. The Morgan fingerprint density at radius 3 is 2.81 bits per heavy atom. The summed E-state index contributed by atoms with van der Waals surface area (Å²) in [5.74, 6) is -0.00709. The third kappa shape index (κ3) is 4.49. The second kappa shape index (κ2) is 6.86. The van der Waals surface area contributed by atoms with Crippen LogP contribution in [0.4, 0.5) is 0 Å². The van der Waals surface area contributed by atoms with Crippen molar-refractivity contribution in [3.8, 4) is 0 Å². The normalized spacial score (nSPS) is 22.6. The summed E-state index contributed by atoms with van der Waals surface area (Å²) in [4.78, 5) is 11.1. The standard InChI is InChI=1S/C12H24N2O2/c1-9(2)11(12(13)15)14-7-3-5-10-6-4-8-16-10/h9-11,14H,3-8H2,1-2H3,(H2,13,15). The molecule has 1 heterocycles. The molecular weight excluding hydrogens is 204 g/mol. The van der Waals surface area contributed by atoms with Gasteiger partial charge in [-0.3, -0.25) is 4.79 Å². The molecular formula is C12H24N2O2. The molecule has 4 nitrogen and oxygen atoms in total. The Bertz CT molecular complexity index is 213. The van der Waals surface area contributed by atoms with Gasteiger partial charge in [-0.2, -0.15) is 0 Å². The van der Waals surface area contributed by atoms with Crippen LogP contribution in [0.15, 0.2) is 0 Å². The Kier molecular flexibility index (Phi) is 5.77. The van der Waals surface area contributed by atoms with E-state index in [1.165, 1.54) is 12.8 Å². The number of nitrogens with two attached hydrogens (primary N) is 1. The maximum absolute atomic E-state index is 11.1. The highest BCUT2D eigenvalue weighted by atomic mass is 16.5. The molecule has 0 radical (unpaired) electrons. The van der Waals surface area contributed by atoms with Gasteiger partial charge >= 0.3 is 0 Å². The summed E-state index contributed by atoms with van der Waals surface area (Å²) in [6.45, 7) is 5.75. The third-order valence-corrected chi connectivity index (χ3v) is 3.06. The quantitative estimate of drug-likeness (QED) is 0.640. The van der Waals surface area contributed by atoms with Crippen LogP contribution < -0.4 is 11.1 Å². The summed E-state index contributed by atoms with van der Waals surface area (Å²) in [6, 6.07) is -0.204. The summed E-state index contributed by atoms with van der Waals surface area (Å²) in [5.41, 5.74) is 5.32. The summed E-state index contributed by atoms with van der Waals surface area (Å²) in [6.07, 6.45) is 4.93. The number of carbonyl (C=O) groups is 1. The van der Waals surface area contributed by atoms with E-state index in [1.807, 2.05) is 13.8 Å². The zero-order valence-corrected chi connectivity index (χ0v) is 10.4. The van der Waals surface area contributed by atoms with E-state index < -0.39 is 0 Å². The molecule has 4 heteroatoms. The lowest BCUT2D eigenvalue weighted by molar-refractivity contribution is -0.121. The van der Waals surface area contributed by atoms with Gasteiger partial charge < -0.3 is 15.8 Å². The molecule has 1 rings (SSSR count). The number of hydrogen-bond donors (Lipinski definition) is 2. The highest BCUT2D eigenvalue weighted by Crippen LogP contribution is 2.16. The number of nitrogens with one attached hydrogen (secondary N) is 1. The maximum atomic E-state index is 11.1. The Balaban J connectivity index is 2.10. The summed E-state index contributed by atoms with van der Waals surface area (Å²) in [7, 11) is 0. The van der Waals surface area contributed by atoms with Gasteiger partial charge in [0.1, 0.15) is 0 Å². The van der Waals surface area contributed by atoms with Crippen LogP contribution >= 0.6 is 0 Å². The number of hydrogen-bond acceptors (Lipinski definition) is 3. The van der Waals surface area contributed by atoms with Crippen molar-refractivity contribution in [1.82, 2.24) is 5.32 Å². The fraction of sp³-hybridized carbons (Fsp3) is 0.917. The number of carbonyl (C=O) groups excluding carboxylic acids is 1. The van der Waals surface area contributed by atoms with Crippen LogP contribution in [0.25, 0.3) is 0 Å². The molecule has 0 spiro atoms. The van der Waals surface area contributed by atoms with E-state index in [1.54, 1.807) is 0 Å². The minimum absolute atomic E-state index is 0.204. The van der Waals surface area contributed by atoms with E-state index in [0.717, 1.165) is 26.0 Å². The van der Waals surface area contributed by atoms with Crippen molar-refractivity contribution in [2.45, 2.75) is 51.7 Å². The first kappa shape index (κ1) is 13.5. The van der Waals surface area contributed by atoms with Gasteiger partial charge in [0, 0.05) is 6.61 Å². The van der Waals surface area contributed by atoms with Gasteiger partial charge in [-0.15, -0.1) is 0 Å². The lowest BCUT2D eigenvalue weighted by Gasteiger charge is -2.19. The van der Waals surface area contributed by atoms with Crippen LogP contribution in [0.2, 0.25) is 0 Å². The van der Waals surface area contributed by atoms with Gasteiger partial charge in [0.05, 0.1) is 12.1 Å². The van der Waals surface area contributed by atoms with Crippen molar-refractivity contribution < 1.29 is 9.53 Å². The molecule has 1 fully saturated rings. The Morgan fingerprint density at radius 2 is 2.31 bits per heavy atom.